The lowest BCUT2D eigenvalue weighted by atomic mass is 10.3. The molecule has 3 aromatic rings. The highest BCUT2D eigenvalue weighted by atomic mass is 32.1. The SMILES string of the molecule is [C-]#Cc1ccc(-c2ccc(-c3ccc(C#[C-])s3)s2)s1. The van der Waals surface area contributed by atoms with Crippen LogP contribution in [0.5, 0.6) is 0 Å². The zero-order chi connectivity index (χ0) is 13.2. The van der Waals surface area contributed by atoms with Crippen LogP contribution in [0.25, 0.3) is 19.5 Å². The average molecular weight is 294 g/mol. The van der Waals surface area contributed by atoms with Crippen molar-refractivity contribution in [1.82, 2.24) is 0 Å². The fourth-order valence-electron chi connectivity index (χ4n) is 1.68. The molecule has 90 valence electrons. The van der Waals surface area contributed by atoms with Gasteiger partial charge in [-0.1, -0.05) is 21.9 Å². The second-order valence-corrected chi connectivity index (χ2v) is 6.99. The molecule has 0 aromatic carbocycles. The summed E-state index contributed by atoms with van der Waals surface area (Å²) >= 11 is 4.88. The van der Waals surface area contributed by atoms with Gasteiger partial charge in [0.25, 0.3) is 0 Å². The van der Waals surface area contributed by atoms with Crippen molar-refractivity contribution >= 4 is 34.0 Å². The van der Waals surface area contributed by atoms with E-state index in [9.17, 15) is 0 Å². The van der Waals surface area contributed by atoms with Crippen LogP contribution in [0.2, 0.25) is 0 Å². The second-order valence-electron chi connectivity index (χ2n) is 3.74. The van der Waals surface area contributed by atoms with Crippen molar-refractivity contribution in [2.45, 2.75) is 0 Å². The van der Waals surface area contributed by atoms with Crippen LogP contribution in [-0.2, 0) is 0 Å². The van der Waals surface area contributed by atoms with E-state index in [0.717, 1.165) is 9.75 Å². The van der Waals surface area contributed by atoms with Gasteiger partial charge in [0.05, 0.1) is 0 Å². The topological polar surface area (TPSA) is 0 Å². The summed E-state index contributed by atoms with van der Waals surface area (Å²) in [6, 6.07) is 12.1. The van der Waals surface area contributed by atoms with Crippen LogP contribution >= 0.6 is 34.0 Å². The fraction of sp³-hybridized carbons (Fsp3) is 0. The highest BCUT2D eigenvalue weighted by molar-refractivity contribution is 7.26. The first-order chi connectivity index (χ1) is 9.30. The van der Waals surface area contributed by atoms with Gasteiger partial charge >= 0.3 is 0 Å². The third-order valence-electron chi connectivity index (χ3n) is 2.55. The van der Waals surface area contributed by atoms with Crippen LogP contribution in [0.15, 0.2) is 36.4 Å². The van der Waals surface area contributed by atoms with Gasteiger partial charge in [-0.25, -0.2) is 22.7 Å². The molecule has 3 aromatic heterocycles. The Morgan fingerprint density at radius 2 is 0.947 bits per heavy atom. The van der Waals surface area contributed by atoms with Gasteiger partial charge in [0, 0.05) is 19.5 Å². The third-order valence-corrected chi connectivity index (χ3v) is 6.03. The highest BCUT2D eigenvalue weighted by Crippen LogP contribution is 2.39. The molecule has 0 radical (unpaired) electrons. The molecule has 0 aliphatic rings. The molecular formula is C16H6S3-2. The summed E-state index contributed by atoms with van der Waals surface area (Å²) in [6.07, 6.45) is 14.2. The fourth-order valence-corrected chi connectivity index (χ4v) is 4.48. The number of thiophene rings is 3. The summed E-state index contributed by atoms with van der Waals surface area (Å²) in [7, 11) is 0. The van der Waals surface area contributed by atoms with Gasteiger partial charge in [0.15, 0.2) is 0 Å². The van der Waals surface area contributed by atoms with Gasteiger partial charge in [-0.05, 0) is 12.1 Å². The van der Waals surface area contributed by atoms with Crippen LogP contribution in [0.1, 0.15) is 9.75 Å². The van der Waals surface area contributed by atoms with Gasteiger partial charge in [0.1, 0.15) is 0 Å². The van der Waals surface area contributed by atoms with Crippen LogP contribution < -0.4 is 0 Å². The molecule has 3 heteroatoms. The first kappa shape index (κ1) is 12.3. The normalized spacial score (nSPS) is 10.0. The smallest absolute Gasteiger partial charge is 0.0433 e. The Morgan fingerprint density at radius 3 is 1.32 bits per heavy atom. The van der Waals surface area contributed by atoms with Crippen molar-refractivity contribution in [1.29, 1.82) is 0 Å². The molecule has 0 unspecified atom stereocenters. The Bertz CT molecular complexity index is 733. The second kappa shape index (κ2) is 5.07. The molecule has 0 saturated heterocycles. The van der Waals surface area contributed by atoms with E-state index in [-0.39, 0.29) is 0 Å². The van der Waals surface area contributed by atoms with Gasteiger partial charge in [-0.3, -0.25) is 11.8 Å². The average Bonchev–Trinajstić information content (AvgIpc) is 3.16. The van der Waals surface area contributed by atoms with Crippen molar-refractivity contribution in [3.63, 3.8) is 0 Å². The van der Waals surface area contributed by atoms with Crippen LogP contribution in [0.3, 0.4) is 0 Å². The van der Waals surface area contributed by atoms with Crippen molar-refractivity contribution in [2.75, 3.05) is 0 Å². The zero-order valence-corrected chi connectivity index (χ0v) is 12.1. The van der Waals surface area contributed by atoms with E-state index < -0.39 is 0 Å². The maximum absolute atomic E-state index is 7.12. The van der Waals surface area contributed by atoms with E-state index in [1.165, 1.54) is 19.5 Å². The predicted molar refractivity (Wildman–Crippen MR) is 83.4 cm³/mol. The maximum atomic E-state index is 7.12. The van der Waals surface area contributed by atoms with Crippen LogP contribution in [0, 0.1) is 24.7 Å². The summed E-state index contributed by atoms with van der Waals surface area (Å²) in [5, 5.41) is 0. The molecular weight excluding hydrogens is 288 g/mol. The summed E-state index contributed by atoms with van der Waals surface area (Å²) < 4.78 is 0. The lowest BCUT2D eigenvalue weighted by Crippen LogP contribution is -1.57. The third kappa shape index (κ3) is 2.37. The summed E-state index contributed by atoms with van der Waals surface area (Å²) in [6.45, 7) is 0. The number of hydrogen-bond donors (Lipinski definition) is 0. The van der Waals surface area contributed by atoms with E-state index >= 15 is 0 Å². The van der Waals surface area contributed by atoms with E-state index in [0.29, 0.717) is 0 Å². The first-order valence-electron chi connectivity index (χ1n) is 5.46. The van der Waals surface area contributed by atoms with Crippen LogP contribution in [0.4, 0.5) is 0 Å². The standard InChI is InChI=1S/C16H6S3/c1-3-11-5-7-13(17-11)15-9-10-16(19-15)14-8-6-12(4-2)18-14/h5-10H/q-2. The lowest BCUT2D eigenvalue weighted by molar-refractivity contribution is 1.89. The molecule has 0 spiro atoms. The van der Waals surface area contributed by atoms with E-state index in [1.807, 2.05) is 24.3 Å². The molecule has 0 aliphatic heterocycles. The Morgan fingerprint density at radius 1 is 0.579 bits per heavy atom. The molecule has 3 heterocycles. The maximum Gasteiger partial charge on any atom is 0.0433 e. The van der Waals surface area contributed by atoms with Gasteiger partial charge < -0.3 is 12.8 Å². The number of rotatable bonds is 2. The first-order valence-corrected chi connectivity index (χ1v) is 7.91. The summed E-state index contributed by atoms with van der Waals surface area (Å²) in [5.41, 5.74) is 0. The molecule has 0 nitrogen and oxygen atoms in total. The highest BCUT2D eigenvalue weighted by Gasteiger charge is 2.05. The quantitative estimate of drug-likeness (QED) is 0.456. The predicted octanol–water partition coefficient (Wildman–Crippen LogP) is 5.08. The largest absolute Gasteiger partial charge is 0.365 e. The molecule has 0 N–H and O–H groups in total. The Hall–Kier alpha value is -1.78. The monoisotopic (exact) mass is 294 g/mol. The molecule has 3 rings (SSSR count). The Balaban J connectivity index is 1.95. The van der Waals surface area contributed by atoms with E-state index in [4.69, 9.17) is 12.8 Å². The molecule has 0 aliphatic carbocycles. The van der Waals surface area contributed by atoms with E-state index in [1.54, 1.807) is 34.0 Å². The van der Waals surface area contributed by atoms with Crippen molar-refractivity contribution in [2.24, 2.45) is 0 Å². The molecule has 0 bridgehead atoms. The minimum Gasteiger partial charge on any atom is -0.365 e. The molecule has 0 fully saturated rings. The molecule has 0 atom stereocenters. The van der Waals surface area contributed by atoms with Gasteiger partial charge in [-0.15, -0.1) is 23.5 Å². The zero-order valence-electron chi connectivity index (χ0n) is 9.69. The Kier molecular flexibility index (Phi) is 3.27. The van der Waals surface area contributed by atoms with Crippen LogP contribution in [-0.4, -0.2) is 0 Å². The van der Waals surface area contributed by atoms with Crippen molar-refractivity contribution in [3.8, 4) is 31.3 Å². The minimum atomic E-state index is 0.849. The minimum absolute atomic E-state index is 0.849. The summed E-state index contributed by atoms with van der Waals surface area (Å²) in [4.78, 5) is 6.44. The van der Waals surface area contributed by atoms with Gasteiger partial charge in [0.2, 0.25) is 0 Å². The number of hydrogen-bond acceptors (Lipinski definition) is 3. The molecule has 19 heavy (non-hydrogen) atoms. The van der Waals surface area contributed by atoms with E-state index in [2.05, 4.69) is 24.0 Å². The molecule has 0 amide bonds. The van der Waals surface area contributed by atoms with Crippen molar-refractivity contribution in [3.05, 3.63) is 59.0 Å². The van der Waals surface area contributed by atoms with Crippen molar-refractivity contribution < 1.29 is 0 Å². The lowest BCUT2D eigenvalue weighted by Gasteiger charge is -1.93. The summed E-state index contributed by atoms with van der Waals surface area (Å²) in [5.74, 6) is 4.83. The van der Waals surface area contributed by atoms with Gasteiger partial charge in [-0.2, -0.15) is 0 Å². The Labute approximate surface area is 124 Å². The molecule has 0 saturated carbocycles.